The van der Waals surface area contributed by atoms with Crippen LogP contribution in [0, 0.1) is 0 Å². The van der Waals surface area contributed by atoms with E-state index < -0.39 is 0 Å². The first-order valence-corrected chi connectivity index (χ1v) is 9.83. The highest BCUT2D eigenvalue weighted by atomic mass is 32.1. The number of aromatic nitrogens is 7. The highest BCUT2D eigenvalue weighted by molar-refractivity contribution is 7.19. The van der Waals surface area contributed by atoms with Crippen LogP contribution in [-0.4, -0.2) is 56.1 Å². The molecular weight excluding hydrogens is 406 g/mol. The average Bonchev–Trinajstić information content (AvgIpc) is 3.48. The number of para-hydroxylation sites is 1. The van der Waals surface area contributed by atoms with Gasteiger partial charge < -0.3 is 14.2 Å². The number of hydrogen-bond donors (Lipinski definition) is 0. The van der Waals surface area contributed by atoms with Crippen LogP contribution in [0.4, 0.5) is 0 Å². The molecule has 0 unspecified atom stereocenters. The Balaban J connectivity index is 1.55. The third kappa shape index (κ3) is 2.90. The van der Waals surface area contributed by atoms with Gasteiger partial charge >= 0.3 is 0 Å². The third-order valence-corrected chi connectivity index (χ3v) is 5.63. The smallest absolute Gasteiger partial charge is 0.235 e. The quantitative estimate of drug-likeness (QED) is 0.411. The van der Waals surface area contributed by atoms with E-state index in [1.165, 1.54) is 11.3 Å². The molecule has 2 aromatic carbocycles. The maximum Gasteiger partial charge on any atom is 0.235 e. The van der Waals surface area contributed by atoms with E-state index in [-0.39, 0.29) is 0 Å². The highest BCUT2D eigenvalue weighted by Crippen LogP contribution is 2.41. The number of fused-ring (bicyclic) bond motifs is 2. The first kappa shape index (κ1) is 18.3. The van der Waals surface area contributed by atoms with Crippen LogP contribution in [0.15, 0.2) is 36.4 Å². The lowest BCUT2D eigenvalue weighted by atomic mass is 10.2. The van der Waals surface area contributed by atoms with Gasteiger partial charge in [0.1, 0.15) is 17.1 Å². The van der Waals surface area contributed by atoms with Gasteiger partial charge in [-0.15, -0.1) is 15.3 Å². The lowest BCUT2D eigenvalue weighted by Gasteiger charge is -2.13. The Labute approximate surface area is 174 Å². The molecule has 0 aliphatic carbocycles. The van der Waals surface area contributed by atoms with Crippen molar-refractivity contribution in [2.45, 2.75) is 6.54 Å². The Bertz CT molecular complexity index is 1330. The summed E-state index contributed by atoms with van der Waals surface area (Å²) in [4.78, 5) is 0.679. The Morgan fingerprint density at radius 2 is 1.70 bits per heavy atom. The second-order valence-corrected chi connectivity index (χ2v) is 7.32. The minimum atomic E-state index is 0.403. The van der Waals surface area contributed by atoms with Gasteiger partial charge in [0, 0.05) is 5.56 Å². The fourth-order valence-corrected chi connectivity index (χ4v) is 4.09. The Hall–Kier alpha value is -3.73. The molecule has 30 heavy (non-hydrogen) atoms. The number of hydrogen-bond acceptors (Lipinski definition) is 9. The summed E-state index contributed by atoms with van der Waals surface area (Å²) in [6.45, 7) is 0.403. The van der Waals surface area contributed by atoms with Crippen LogP contribution in [-0.2, 0) is 6.54 Å². The van der Waals surface area contributed by atoms with Crippen LogP contribution in [0.5, 0.6) is 17.2 Å². The molecule has 11 heteroatoms. The molecule has 3 aromatic heterocycles. The summed E-state index contributed by atoms with van der Waals surface area (Å²) >= 11 is 1.42. The van der Waals surface area contributed by atoms with Gasteiger partial charge in [-0.05, 0) is 24.3 Å². The molecule has 0 atom stereocenters. The van der Waals surface area contributed by atoms with Gasteiger partial charge in [-0.3, -0.25) is 0 Å². The number of nitrogens with zero attached hydrogens (tertiary/aromatic N) is 7. The van der Waals surface area contributed by atoms with E-state index in [1.54, 1.807) is 30.5 Å². The molecule has 152 valence electrons. The maximum absolute atomic E-state index is 5.45. The topological polar surface area (TPSA) is 101 Å². The molecule has 5 rings (SSSR count). The largest absolute Gasteiger partial charge is 0.493 e. The molecule has 0 saturated heterocycles. The highest BCUT2D eigenvalue weighted by Gasteiger charge is 2.19. The summed E-state index contributed by atoms with van der Waals surface area (Å²) in [5.41, 5.74) is 2.58. The number of methoxy groups -OCH3 is 3. The number of benzene rings is 2. The molecule has 10 nitrogen and oxygen atoms in total. The van der Waals surface area contributed by atoms with E-state index >= 15 is 0 Å². The molecule has 0 spiro atoms. The Kier molecular flexibility index (Phi) is 4.43. The summed E-state index contributed by atoms with van der Waals surface area (Å²) in [6.07, 6.45) is 0. The van der Waals surface area contributed by atoms with Crippen molar-refractivity contribution in [3.8, 4) is 27.8 Å². The molecular formula is C19H17N7O3S. The van der Waals surface area contributed by atoms with Crippen LogP contribution in [0.3, 0.4) is 0 Å². The minimum absolute atomic E-state index is 0.403. The van der Waals surface area contributed by atoms with Gasteiger partial charge in [0.05, 0.1) is 26.8 Å². The molecule has 0 aliphatic rings. The molecule has 0 saturated carbocycles. The molecule has 0 amide bonds. The summed E-state index contributed by atoms with van der Waals surface area (Å²) in [6, 6.07) is 11.5. The maximum atomic E-state index is 5.45. The zero-order valence-corrected chi connectivity index (χ0v) is 17.3. The summed E-state index contributed by atoms with van der Waals surface area (Å²) < 4.78 is 19.8. The van der Waals surface area contributed by atoms with E-state index in [1.807, 2.05) is 36.4 Å². The van der Waals surface area contributed by atoms with Crippen molar-refractivity contribution in [1.82, 2.24) is 34.8 Å². The predicted molar refractivity (Wildman–Crippen MR) is 110 cm³/mol. The zero-order chi connectivity index (χ0) is 20.7. The van der Waals surface area contributed by atoms with Crippen molar-refractivity contribution in [1.29, 1.82) is 0 Å². The SMILES string of the molecule is COc1cc(-c2nn3c(Cn4nnc5ccccc54)nnc3s2)cc(OC)c1OC. The monoisotopic (exact) mass is 423 g/mol. The van der Waals surface area contributed by atoms with Crippen molar-refractivity contribution in [3.05, 3.63) is 42.2 Å². The van der Waals surface area contributed by atoms with E-state index in [0.29, 0.717) is 34.6 Å². The van der Waals surface area contributed by atoms with Gasteiger partial charge in [0.15, 0.2) is 17.3 Å². The van der Waals surface area contributed by atoms with Gasteiger partial charge in [0.25, 0.3) is 0 Å². The molecule has 0 aliphatic heterocycles. The summed E-state index contributed by atoms with van der Waals surface area (Å²) in [7, 11) is 4.74. The first-order chi connectivity index (χ1) is 14.7. The van der Waals surface area contributed by atoms with Crippen LogP contribution in [0.2, 0.25) is 0 Å². The minimum Gasteiger partial charge on any atom is -0.493 e. The van der Waals surface area contributed by atoms with Crippen molar-refractivity contribution in [2.75, 3.05) is 21.3 Å². The Morgan fingerprint density at radius 1 is 0.933 bits per heavy atom. The van der Waals surface area contributed by atoms with Crippen molar-refractivity contribution >= 4 is 27.3 Å². The van der Waals surface area contributed by atoms with Gasteiger partial charge in [-0.2, -0.15) is 9.61 Å². The number of ether oxygens (including phenoxy) is 3. The number of rotatable bonds is 6. The van der Waals surface area contributed by atoms with Crippen LogP contribution in [0.25, 0.3) is 26.6 Å². The zero-order valence-electron chi connectivity index (χ0n) is 16.4. The molecule has 0 bridgehead atoms. The van der Waals surface area contributed by atoms with Gasteiger partial charge in [0.2, 0.25) is 10.7 Å². The van der Waals surface area contributed by atoms with E-state index in [9.17, 15) is 0 Å². The fraction of sp³-hybridized carbons (Fsp3) is 0.211. The van der Waals surface area contributed by atoms with Gasteiger partial charge in [-0.25, -0.2) is 4.68 Å². The Morgan fingerprint density at radius 3 is 2.43 bits per heavy atom. The molecule has 5 aromatic rings. The molecule has 0 N–H and O–H groups in total. The van der Waals surface area contributed by atoms with Gasteiger partial charge in [-0.1, -0.05) is 28.7 Å². The lowest BCUT2D eigenvalue weighted by molar-refractivity contribution is 0.324. The second kappa shape index (κ2) is 7.26. The first-order valence-electron chi connectivity index (χ1n) is 9.01. The molecule has 3 heterocycles. The van der Waals surface area contributed by atoms with Crippen molar-refractivity contribution < 1.29 is 14.2 Å². The molecule has 0 fully saturated rings. The van der Waals surface area contributed by atoms with Crippen molar-refractivity contribution in [2.24, 2.45) is 0 Å². The van der Waals surface area contributed by atoms with E-state index in [0.717, 1.165) is 21.6 Å². The normalized spacial score (nSPS) is 11.3. The predicted octanol–water partition coefficient (Wildman–Crippen LogP) is 2.67. The molecule has 0 radical (unpaired) electrons. The standard InChI is InChI=1S/C19H17N7O3S/c1-27-14-8-11(9-15(28-2)17(14)29-3)18-23-26-16(21-22-19(26)30-18)10-25-13-7-5-4-6-12(13)20-24-25/h4-9H,10H2,1-3H3. The van der Waals surface area contributed by atoms with E-state index in [4.69, 9.17) is 19.3 Å². The van der Waals surface area contributed by atoms with E-state index in [2.05, 4.69) is 20.5 Å². The second-order valence-electron chi connectivity index (χ2n) is 6.37. The van der Waals surface area contributed by atoms with Crippen LogP contribution >= 0.6 is 11.3 Å². The fourth-order valence-electron chi connectivity index (χ4n) is 3.25. The summed E-state index contributed by atoms with van der Waals surface area (Å²) in [5.74, 6) is 2.32. The lowest BCUT2D eigenvalue weighted by Crippen LogP contribution is -2.06. The summed E-state index contributed by atoms with van der Waals surface area (Å²) in [5, 5.41) is 22.4. The van der Waals surface area contributed by atoms with Crippen LogP contribution in [0.1, 0.15) is 5.82 Å². The van der Waals surface area contributed by atoms with Crippen LogP contribution < -0.4 is 14.2 Å². The average molecular weight is 423 g/mol. The van der Waals surface area contributed by atoms with Crippen molar-refractivity contribution in [3.63, 3.8) is 0 Å². The third-order valence-electron chi connectivity index (χ3n) is 4.68.